The zero-order valence-corrected chi connectivity index (χ0v) is 15.9. The molecule has 0 heterocycles. The fourth-order valence-electron chi connectivity index (χ4n) is 3.16. The molecule has 1 aromatic rings. The van der Waals surface area contributed by atoms with Gasteiger partial charge in [0.2, 0.25) is 0 Å². The number of carbonyl (C=O) groups is 2. The smallest absolute Gasteiger partial charge is 0.331 e. The molecule has 0 bridgehead atoms. The molecule has 0 aromatic heterocycles. The van der Waals surface area contributed by atoms with E-state index in [0.717, 1.165) is 24.8 Å². The van der Waals surface area contributed by atoms with Crippen molar-refractivity contribution in [1.29, 1.82) is 0 Å². The number of ether oxygens (including phenoxy) is 2. The lowest BCUT2D eigenvalue weighted by Crippen LogP contribution is -2.45. The molecular formula is C21H29NO4. The first-order valence-electron chi connectivity index (χ1n) is 9.42. The number of hydrogen-bond acceptors (Lipinski definition) is 4. The SMILES string of the molecule is CCOc1ccccc1/C=C/C(=O)O[C@H](C)C(=O)N[C@H]1CCCC[C@@H]1C. The van der Waals surface area contributed by atoms with Crippen LogP contribution in [0.1, 0.15) is 52.0 Å². The summed E-state index contributed by atoms with van der Waals surface area (Å²) in [6.45, 7) is 6.20. The van der Waals surface area contributed by atoms with Gasteiger partial charge in [-0.1, -0.05) is 38.0 Å². The minimum atomic E-state index is -0.816. The Labute approximate surface area is 155 Å². The Hall–Kier alpha value is -2.30. The first-order chi connectivity index (χ1) is 12.5. The minimum Gasteiger partial charge on any atom is -0.493 e. The summed E-state index contributed by atoms with van der Waals surface area (Å²) in [6, 6.07) is 7.62. The molecule has 1 aromatic carbocycles. The van der Waals surface area contributed by atoms with E-state index in [1.165, 1.54) is 12.5 Å². The van der Waals surface area contributed by atoms with Crippen LogP contribution in [0.3, 0.4) is 0 Å². The van der Waals surface area contributed by atoms with E-state index >= 15 is 0 Å². The summed E-state index contributed by atoms with van der Waals surface area (Å²) < 4.78 is 10.7. The lowest BCUT2D eigenvalue weighted by atomic mass is 9.86. The maximum Gasteiger partial charge on any atom is 0.331 e. The molecule has 26 heavy (non-hydrogen) atoms. The third-order valence-corrected chi connectivity index (χ3v) is 4.72. The highest BCUT2D eigenvalue weighted by molar-refractivity contribution is 5.90. The van der Waals surface area contributed by atoms with E-state index in [4.69, 9.17) is 9.47 Å². The normalized spacial score (nSPS) is 21.2. The van der Waals surface area contributed by atoms with Crippen LogP contribution < -0.4 is 10.1 Å². The highest BCUT2D eigenvalue weighted by Crippen LogP contribution is 2.24. The molecule has 1 saturated carbocycles. The van der Waals surface area contributed by atoms with Crippen molar-refractivity contribution in [3.05, 3.63) is 35.9 Å². The summed E-state index contributed by atoms with van der Waals surface area (Å²) in [5.41, 5.74) is 0.791. The number of benzene rings is 1. The fourth-order valence-corrected chi connectivity index (χ4v) is 3.16. The number of para-hydroxylation sites is 1. The van der Waals surface area contributed by atoms with E-state index < -0.39 is 12.1 Å². The van der Waals surface area contributed by atoms with Gasteiger partial charge in [-0.25, -0.2) is 4.79 Å². The number of amides is 1. The monoisotopic (exact) mass is 359 g/mol. The van der Waals surface area contributed by atoms with Crippen LogP contribution in [0.4, 0.5) is 0 Å². The largest absolute Gasteiger partial charge is 0.493 e. The van der Waals surface area contributed by atoms with Gasteiger partial charge in [0.15, 0.2) is 6.10 Å². The molecule has 5 nitrogen and oxygen atoms in total. The van der Waals surface area contributed by atoms with E-state index in [0.29, 0.717) is 18.3 Å². The highest BCUT2D eigenvalue weighted by atomic mass is 16.5. The van der Waals surface area contributed by atoms with Crippen molar-refractivity contribution >= 4 is 18.0 Å². The molecule has 3 atom stereocenters. The lowest BCUT2D eigenvalue weighted by Gasteiger charge is -2.30. The molecule has 0 radical (unpaired) electrons. The number of nitrogens with one attached hydrogen (secondary N) is 1. The van der Waals surface area contributed by atoms with Crippen molar-refractivity contribution in [2.24, 2.45) is 5.92 Å². The van der Waals surface area contributed by atoms with E-state index in [-0.39, 0.29) is 11.9 Å². The first-order valence-corrected chi connectivity index (χ1v) is 9.42. The summed E-state index contributed by atoms with van der Waals surface area (Å²) in [7, 11) is 0. The molecule has 1 fully saturated rings. The average molecular weight is 359 g/mol. The van der Waals surface area contributed by atoms with Gasteiger partial charge in [0, 0.05) is 17.7 Å². The third kappa shape index (κ3) is 5.90. The van der Waals surface area contributed by atoms with Gasteiger partial charge in [-0.3, -0.25) is 4.79 Å². The van der Waals surface area contributed by atoms with Crippen LogP contribution in [0, 0.1) is 5.92 Å². The molecule has 1 amide bonds. The standard InChI is InChI=1S/C21H29NO4/c1-4-25-19-12-8-6-10-17(19)13-14-20(23)26-16(3)21(24)22-18-11-7-5-9-15(18)2/h6,8,10,12-16,18H,4-5,7,9,11H2,1-3H3,(H,22,24)/b14-13+/t15-,16+,18-/m0/s1. The molecule has 0 unspecified atom stereocenters. The summed E-state index contributed by atoms with van der Waals surface area (Å²) in [6.07, 6.45) is 6.61. The summed E-state index contributed by atoms with van der Waals surface area (Å²) in [4.78, 5) is 24.3. The van der Waals surface area contributed by atoms with Gasteiger partial charge in [0.05, 0.1) is 6.61 Å². The zero-order valence-electron chi connectivity index (χ0n) is 15.9. The highest BCUT2D eigenvalue weighted by Gasteiger charge is 2.25. The van der Waals surface area contributed by atoms with Crippen molar-refractivity contribution in [2.75, 3.05) is 6.61 Å². The fraction of sp³-hybridized carbons (Fsp3) is 0.524. The van der Waals surface area contributed by atoms with E-state index in [1.807, 2.05) is 31.2 Å². The van der Waals surface area contributed by atoms with E-state index in [1.54, 1.807) is 13.0 Å². The predicted octanol–water partition coefficient (Wildman–Crippen LogP) is 3.73. The molecule has 0 aliphatic heterocycles. The molecule has 1 aliphatic carbocycles. The minimum absolute atomic E-state index is 0.172. The number of rotatable bonds is 7. The zero-order chi connectivity index (χ0) is 18.9. The van der Waals surface area contributed by atoms with E-state index in [2.05, 4.69) is 12.2 Å². The van der Waals surface area contributed by atoms with Gasteiger partial charge >= 0.3 is 5.97 Å². The number of carbonyl (C=O) groups excluding carboxylic acids is 2. The molecule has 2 rings (SSSR count). The Balaban J connectivity index is 1.87. The second-order valence-corrected chi connectivity index (χ2v) is 6.76. The molecule has 142 valence electrons. The van der Waals surface area contributed by atoms with Crippen LogP contribution in [-0.4, -0.2) is 30.6 Å². The average Bonchev–Trinajstić information content (AvgIpc) is 2.63. The van der Waals surface area contributed by atoms with Crippen LogP contribution >= 0.6 is 0 Å². The van der Waals surface area contributed by atoms with Gasteiger partial charge in [0.25, 0.3) is 5.91 Å². The first kappa shape index (κ1) is 20.0. The van der Waals surface area contributed by atoms with Crippen molar-refractivity contribution < 1.29 is 19.1 Å². The molecule has 1 aliphatic rings. The lowest BCUT2D eigenvalue weighted by molar-refractivity contribution is -0.150. The maximum atomic E-state index is 12.3. The topological polar surface area (TPSA) is 64.6 Å². The number of esters is 1. The Morgan fingerprint density at radius 1 is 1.27 bits per heavy atom. The van der Waals surface area contributed by atoms with Crippen LogP contribution in [-0.2, 0) is 14.3 Å². The summed E-state index contributed by atoms with van der Waals surface area (Å²) in [5.74, 6) is 0.387. The van der Waals surface area contributed by atoms with Gasteiger partial charge in [0.1, 0.15) is 5.75 Å². The Bertz CT molecular complexity index is 641. The summed E-state index contributed by atoms with van der Waals surface area (Å²) in [5, 5.41) is 3.01. The van der Waals surface area contributed by atoms with Crippen LogP contribution in [0.5, 0.6) is 5.75 Å². The molecule has 0 spiro atoms. The van der Waals surface area contributed by atoms with Crippen molar-refractivity contribution in [3.63, 3.8) is 0 Å². The predicted molar refractivity (Wildman–Crippen MR) is 102 cm³/mol. The third-order valence-electron chi connectivity index (χ3n) is 4.72. The second kappa shape index (κ2) is 10.00. The Morgan fingerprint density at radius 3 is 2.73 bits per heavy atom. The van der Waals surface area contributed by atoms with Gasteiger partial charge < -0.3 is 14.8 Å². The van der Waals surface area contributed by atoms with Crippen LogP contribution in [0.15, 0.2) is 30.3 Å². The quantitative estimate of drug-likeness (QED) is 0.595. The van der Waals surface area contributed by atoms with Gasteiger partial charge in [-0.15, -0.1) is 0 Å². The van der Waals surface area contributed by atoms with Crippen LogP contribution in [0.25, 0.3) is 6.08 Å². The number of hydrogen-bond donors (Lipinski definition) is 1. The Kier molecular flexibility index (Phi) is 7.70. The maximum absolute atomic E-state index is 12.3. The Morgan fingerprint density at radius 2 is 2.00 bits per heavy atom. The molecule has 1 N–H and O–H groups in total. The van der Waals surface area contributed by atoms with Crippen molar-refractivity contribution in [3.8, 4) is 5.75 Å². The summed E-state index contributed by atoms with van der Waals surface area (Å²) >= 11 is 0. The molecule has 5 heteroatoms. The second-order valence-electron chi connectivity index (χ2n) is 6.76. The molecule has 0 saturated heterocycles. The van der Waals surface area contributed by atoms with Gasteiger partial charge in [-0.2, -0.15) is 0 Å². The van der Waals surface area contributed by atoms with Crippen molar-refractivity contribution in [1.82, 2.24) is 5.32 Å². The molecular weight excluding hydrogens is 330 g/mol. The van der Waals surface area contributed by atoms with E-state index in [9.17, 15) is 9.59 Å². The van der Waals surface area contributed by atoms with Crippen molar-refractivity contribution in [2.45, 2.75) is 58.6 Å². The van der Waals surface area contributed by atoms with Crippen LogP contribution in [0.2, 0.25) is 0 Å². The van der Waals surface area contributed by atoms with Gasteiger partial charge in [-0.05, 0) is 44.7 Å².